The lowest BCUT2D eigenvalue weighted by Gasteiger charge is -2.07. The van der Waals surface area contributed by atoms with Gasteiger partial charge in [-0.2, -0.15) is 0 Å². The van der Waals surface area contributed by atoms with Crippen molar-refractivity contribution in [1.82, 2.24) is 4.98 Å². The molecule has 0 saturated carbocycles. The normalized spacial score (nSPS) is 10.8. The number of aryl methyl sites for hydroxylation is 2. The van der Waals surface area contributed by atoms with E-state index in [0.717, 1.165) is 11.2 Å². The van der Waals surface area contributed by atoms with Gasteiger partial charge in [0.2, 0.25) is 0 Å². The first-order valence-corrected chi connectivity index (χ1v) is 6.18. The molecule has 1 aromatic heterocycles. The summed E-state index contributed by atoms with van der Waals surface area (Å²) in [4.78, 5) is 4.77. The summed E-state index contributed by atoms with van der Waals surface area (Å²) in [6.45, 7) is 4.24. The molecular formula is C17H15N. The molecule has 3 rings (SSSR count). The highest BCUT2D eigenvalue weighted by atomic mass is 14.7. The van der Waals surface area contributed by atoms with Crippen molar-refractivity contribution in [2.24, 2.45) is 0 Å². The van der Waals surface area contributed by atoms with Gasteiger partial charge >= 0.3 is 0 Å². The van der Waals surface area contributed by atoms with Crippen molar-refractivity contribution in [3.05, 3.63) is 65.7 Å². The minimum atomic E-state index is 1.05. The zero-order valence-electron chi connectivity index (χ0n) is 10.6. The fraction of sp³-hybridized carbons (Fsp3) is 0.118. The standard InChI is InChI=1S/C17H15N/c1-12-6-3-4-8-14(12)17-11-10-15-13(2)7-5-9-16(15)18-17/h3-11H,1-2H3. The van der Waals surface area contributed by atoms with E-state index in [1.807, 2.05) is 0 Å². The molecule has 1 heteroatoms. The average Bonchev–Trinajstić information content (AvgIpc) is 2.39. The Bertz CT molecular complexity index is 714. The summed E-state index contributed by atoms with van der Waals surface area (Å²) in [6.07, 6.45) is 0. The van der Waals surface area contributed by atoms with Crippen LogP contribution in [-0.2, 0) is 0 Å². The number of aromatic nitrogens is 1. The van der Waals surface area contributed by atoms with Crippen molar-refractivity contribution < 1.29 is 0 Å². The zero-order chi connectivity index (χ0) is 12.5. The summed E-state index contributed by atoms with van der Waals surface area (Å²) >= 11 is 0. The molecule has 0 bridgehead atoms. The molecule has 88 valence electrons. The molecule has 0 saturated heterocycles. The van der Waals surface area contributed by atoms with Gasteiger partial charge in [0.25, 0.3) is 0 Å². The van der Waals surface area contributed by atoms with Gasteiger partial charge in [0.05, 0.1) is 11.2 Å². The Morgan fingerprint density at radius 1 is 0.722 bits per heavy atom. The van der Waals surface area contributed by atoms with Crippen LogP contribution >= 0.6 is 0 Å². The van der Waals surface area contributed by atoms with Gasteiger partial charge in [0, 0.05) is 10.9 Å². The van der Waals surface area contributed by atoms with Gasteiger partial charge < -0.3 is 0 Å². The molecule has 0 N–H and O–H groups in total. The van der Waals surface area contributed by atoms with Crippen LogP contribution in [0.25, 0.3) is 22.2 Å². The maximum absolute atomic E-state index is 4.77. The molecule has 0 spiro atoms. The number of rotatable bonds is 1. The summed E-state index contributed by atoms with van der Waals surface area (Å²) < 4.78 is 0. The fourth-order valence-corrected chi connectivity index (χ4v) is 2.32. The van der Waals surface area contributed by atoms with E-state index in [0.29, 0.717) is 0 Å². The van der Waals surface area contributed by atoms with Crippen molar-refractivity contribution in [3.8, 4) is 11.3 Å². The molecule has 0 aliphatic carbocycles. The third-order valence-electron chi connectivity index (χ3n) is 3.37. The Labute approximate surface area is 107 Å². The minimum Gasteiger partial charge on any atom is -0.248 e. The monoisotopic (exact) mass is 233 g/mol. The van der Waals surface area contributed by atoms with Gasteiger partial charge in [0.15, 0.2) is 0 Å². The van der Waals surface area contributed by atoms with E-state index in [9.17, 15) is 0 Å². The minimum absolute atomic E-state index is 1.05. The quantitative estimate of drug-likeness (QED) is 0.602. The van der Waals surface area contributed by atoms with Crippen molar-refractivity contribution in [2.45, 2.75) is 13.8 Å². The third kappa shape index (κ3) is 1.78. The van der Waals surface area contributed by atoms with Crippen LogP contribution in [0.15, 0.2) is 54.6 Å². The van der Waals surface area contributed by atoms with Crippen LogP contribution in [0.2, 0.25) is 0 Å². The first kappa shape index (κ1) is 11.0. The van der Waals surface area contributed by atoms with Gasteiger partial charge in [-0.15, -0.1) is 0 Å². The number of benzene rings is 2. The molecule has 0 amide bonds. The average molecular weight is 233 g/mol. The number of hydrogen-bond acceptors (Lipinski definition) is 1. The van der Waals surface area contributed by atoms with Crippen LogP contribution in [0.4, 0.5) is 0 Å². The van der Waals surface area contributed by atoms with E-state index < -0.39 is 0 Å². The lowest BCUT2D eigenvalue weighted by atomic mass is 10.0. The largest absolute Gasteiger partial charge is 0.248 e. The highest BCUT2D eigenvalue weighted by molar-refractivity contribution is 5.84. The Kier molecular flexibility index (Phi) is 2.60. The second-order valence-corrected chi connectivity index (χ2v) is 4.65. The predicted molar refractivity (Wildman–Crippen MR) is 76.7 cm³/mol. The predicted octanol–water partition coefficient (Wildman–Crippen LogP) is 4.52. The van der Waals surface area contributed by atoms with Gasteiger partial charge in [-0.05, 0) is 37.1 Å². The second-order valence-electron chi connectivity index (χ2n) is 4.65. The smallest absolute Gasteiger partial charge is 0.0712 e. The zero-order valence-corrected chi connectivity index (χ0v) is 10.6. The molecule has 0 fully saturated rings. The van der Waals surface area contributed by atoms with Crippen LogP contribution in [0, 0.1) is 13.8 Å². The van der Waals surface area contributed by atoms with Crippen LogP contribution in [0.5, 0.6) is 0 Å². The molecular weight excluding hydrogens is 218 g/mol. The van der Waals surface area contributed by atoms with Crippen molar-refractivity contribution >= 4 is 10.9 Å². The lowest BCUT2D eigenvalue weighted by Crippen LogP contribution is -1.89. The Balaban J connectivity index is 2.23. The van der Waals surface area contributed by atoms with Gasteiger partial charge in [-0.25, -0.2) is 4.98 Å². The van der Waals surface area contributed by atoms with Crippen molar-refractivity contribution in [2.75, 3.05) is 0 Å². The molecule has 0 radical (unpaired) electrons. The first-order chi connectivity index (χ1) is 8.75. The first-order valence-electron chi connectivity index (χ1n) is 6.18. The summed E-state index contributed by atoms with van der Waals surface area (Å²) in [5.41, 5.74) is 5.86. The summed E-state index contributed by atoms with van der Waals surface area (Å²) in [7, 11) is 0. The van der Waals surface area contributed by atoms with E-state index in [1.54, 1.807) is 0 Å². The summed E-state index contributed by atoms with van der Waals surface area (Å²) in [5.74, 6) is 0. The molecule has 0 aliphatic heterocycles. The van der Waals surface area contributed by atoms with Crippen LogP contribution in [-0.4, -0.2) is 4.98 Å². The van der Waals surface area contributed by atoms with Crippen LogP contribution < -0.4 is 0 Å². The maximum Gasteiger partial charge on any atom is 0.0712 e. The Morgan fingerprint density at radius 2 is 1.50 bits per heavy atom. The van der Waals surface area contributed by atoms with Crippen molar-refractivity contribution in [1.29, 1.82) is 0 Å². The van der Waals surface area contributed by atoms with E-state index >= 15 is 0 Å². The van der Waals surface area contributed by atoms with E-state index in [1.165, 1.54) is 22.1 Å². The Morgan fingerprint density at radius 3 is 2.33 bits per heavy atom. The van der Waals surface area contributed by atoms with Gasteiger partial charge in [0.1, 0.15) is 0 Å². The van der Waals surface area contributed by atoms with Gasteiger partial charge in [-0.3, -0.25) is 0 Å². The maximum atomic E-state index is 4.77. The molecule has 0 unspecified atom stereocenters. The highest BCUT2D eigenvalue weighted by Gasteiger charge is 2.04. The fourth-order valence-electron chi connectivity index (χ4n) is 2.32. The van der Waals surface area contributed by atoms with Crippen LogP contribution in [0.1, 0.15) is 11.1 Å². The molecule has 0 aliphatic rings. The van der Waals surface area contributed by atoms with Crippen LogP contribution in [0.3, 0.4) is 0 Å². The third-order valence-corrected chi connectivity index (χ3v) is 3.37. The van der Waals surface area contributed by atoms with Crippen molar-refractivity contribution in [3.63, 3.8) is 0 Å². The van der Waals surface area contributed by atoms with Gasteiger partial charge in [-0.1, -0.05) is 42.5 Å². The number of nitrogens with zero attached hydrogens (tertiary/aromatic N) is 1. The lowest BCUT2D eigenvalue weighted by molar-refractivity contribution is 1.35. The molecule has 1 heterocycles. The summed E-state index contributed by atoms with van der Waals surface area (Å²) in [5, 5.41) is 1.23. The topological polar surface area (TPSA) is 12.9 Å². The molecule has 3 aromatic rings. The van der Waals surface area contributed by atoms with E-state index in [4.69, 9.17) is 4.98 Å². The van der Waals surface area contributed by atoms with E-state index in [2.05, 4.69) is 68.4 Å². The molecule has 0 atom stereocenters. The number of fused-ring (bicyclic) bond motifs is 1. The Hall–Kier alpha value is -2.15. The molecule has 18 heavy (non-hydrogen) atoms. The number of hydrogen-bond donors (Lipinski definition) is 0. The number of pyridine rings is 1. The SMILES string of the molecule is Cc1ccccc1-c1ccc2c(C)cccc2n1. The second kappa shape index (κ2) is 4.26. The molecule has 1 nitrogen and oxygen atoms in total. The summed E-state index contributed by atoms with van der Waals surface area (Å²) in [6, 6.07) is 18.9. The van der Waals surface area contributed by atoms with E-state index in [-0.39, 0.29) is 0 Å². The highest BCUT2D eigenvalue weighted by Crippen LogP contribution is 2.24. The molecule has 2 aromatic carbocycles.